The Hall–Kier alpha value is -2.73. The summed E-state index contributed by atoms with van der Waals surface area (Å²) in [5, 5.41) is 0. The molecule has 2 heterocycles. The highest BCUT2D eigenvalue weighted by atomic mass is 32.2. The number of rotatable bonds is 9. The summed E-state index contributed by atoms with van der Waals surface area (Å²) in [6.07, 6.45) is 3.47. The van der Waals surface area contributed by atoms with Crippen molar-refractivity contribution in [1.82, 2.24) is 9.47 Å². The first-order valence-corrected chi connectivity index (χ1v) is 14.2. The number of hydrogen-bond acceptors (Lipinski definition) is 8. The first-order chi connectivity index (χ1) is 16.7. The first kappa shape index (κ1) is 26.9. The van der Waals surface area contributed by atoms with E-state index >= 15 is 0 Å². The number of sulfone groups is 1. The molecule has 1 atom stereocenters. The van der Waals surface area contributed by atoms with Crippen LogP contribution in [0.25, 0.3) is 10.2 Å². The number of hydrogen-bond donors (Lipinski definition) is 0. The van der Waals surface area contributed by atoms with E-state index in [0.29, 0.717) is 29.1 Å². The fraction of sp³-hybridized carbons (Fsp3) is 0.565. The molecule has 0 spiro atoms. The Morgan fingerprint density at radius 2 is 1.94 bits per heavy atom. The Kier molecular flexibility index (Phi) is 9.06. The van der Waals surface area contributed by atoms with E-state index in [1.807, 2.05) is 13.8 Å². The minimum absolute atomic E-state index is 0.0317. The van der Waals surface area contributed by atoms with Crippen molar-refractivity contribution in [2.45, 2.75) is 52.1 Å². The first-order valence-electron chi connectivity index (χ1n) is 11.6. The number of nitrogens with zero attached hydrogens (tertiary/aromatic N) is 3. The van der Waals surface area contributed by atoms with Crippen molar-refractivity contribution in [2.24, 2.45) is 4.99 Å². The summed E-state index contributed by atoms with van der Waals surface area (Å²) in [6, 6.07) is 5.27. The lowest BCUT2D eigenvalue weighted by Crippen LogP contribution is -2.46. The van der Waals surface area contributed by atoms with E-state index in [-0.39, 0.29) is 17.4 Å². The van der Waals surface area contributed by atoms with Crippen LogP contribution in [0.15, 0.2) is 23.2 Å². The van der Waals surface area contributed by atoms with Crippen LogP contribution in [0.2, 0.25) is 0 Å². The van der Waals surface area contributed by atoms with Crippen molar-refractivity contribution < 1.29 is 32.3 Å². The zero-order chi connectivity index (χ0) is 25.6. The summed E-state index contributed by atoms with van der Waals surface area (Å²) < 4.78 is 37.8. The molecule has 1 aromatic carbocycles. The van der Waals surface area contributed by atoms with Gasteiger partial charge in [-0.05, 0) is 50.8 Å². The molecule has 12 heteroatoms. The number of fused-ring (bicyclic) bond motifs is 1. The van der Waals surface area contributed by atoms with Crippen LogP contribution in [0, 0.1) is 0 Å². The van der Waals surface area contributed by atoms with Crippen molar-refractivity contribution >= 4 is 49.2 Å². The highest BCUT2D eigenvalue weighted by Gasteiger charge is 2.29. The topological polar surface area (TPSA) is 124 Å². The second-order valence-electron chi connectivity index (χ2n) is 8.29. The number of aromatic nitrogens is 1. The zero-order valence-corrected chi connectivity index (χ0v) is 21.8. The van der Waals surface area contributed by atoms with E-state index in [0.717, 1.165) is 37.0 Å². The number of benzene rings is 1. The minimum atomic E-state index is -4.02. The predicted octanol–water partition coefficient (Wildman–Crippen LogP) is 1.91. The number of carbonyl (C=O) groups excluding carboxylic acids is 3. The van der Waals surface area contributed by atoms with Gasteiger partial charge in [-0.3, -0.25) is 14.4 Å². The van der Waals surface area contributed by atoms with Gasteiger partial charge < -0.3 is 18.9 Å². The van der Waals surface area contributed by atoms with Crippen molar-refractivity contribution in [2.75, 3.05) is 31.8 Å². The molecular formula is C23H31N3O7S2. The molecule has 2 amide bonds. The third-order valence-corrected chi connectivity index (χ3v) is 8.22. The maximum Gasteiger partial charge on any atom is 0.325 e. The molecule has 1 fully saturated rings. The van der Waals surface area contributed by atoms with Gasteiger partial charge in [-0.25, -0.2) is 8.42 Å². The molecule has 0 saturated carbocycles. The van der Waals surface area contributed by atoms with Gasteiger partial charge in [0.2, 0.25) is 5.91 Å². The normalized spacial score (nSPS) is 16.9. The van der Waals surface area contributed by atoms with Crippen LogP contribution in [0.3, 0.4) is 0 Å². The van der Waals surface area contributed by atoms with E-state index in [1.165, 1.54) is 11.7 Å². The van der Waals surface area contributed by atoms with Gasteiger partial charge in [0.15, 0.2) is 14.6 Å². The fourth-order valence-electron chi connectivity index (χ4n) is 4.14. The predicted molar refractivity (Wildman–Crippen MR) is 132 cm³/mol. The average molecular weight is 526 g/mol. The van der Waals surface area contributed by atoms with Gasteiger partial charge in [-0.15, -0.1) is 0 Å². The fourth-order valence-corrected chi connectivity index (χ4v) is 6.30. The Labute approximate surface area is 208 Å². The Bertz CT molecular complexity index is 1260. The number of likely N-dealkylation sites (tertiary alicyclic amines) is 1. The molecule has 0 aliphatic carbocycles. The van der Waals surface area contributed by atoms with E-state index in [9.17, 15) is 22.8 Å². The number of amides is 2. The van der Waals surface area contributed by atoms with Crippen molar-refractivity contribution in [3.63, 3.8) is 0 Å². The van der Waals surface area contributed by atoms with Crippen LogP contribution in [0.4, 0.5) is 0 Å². The number of esters is 1. The Morgan fingerprint density at radius 3 is 2.63 bits per heavy atom. The zero-order valence-electron chi connectivity index (χ0n) is 20.2. The molecule has 192 valence electrons. The third kappa shape index (κ3) is 6.91. The summed E-state index contributed by atoms with van der Waals surface area (Å²) in [6.45, 7) is 4.63. The Morgan fingerprint density at radius 1 is 1.17 bits per heavy atom. The van der Waals surface area contributed by atoms with Crippen LogP contribution < -0.4 is 9.54 Å². The van der Waals surface area contributed by atoms with Gasteiger partial charge in [-0.1, -0.05) is 18.3 Å². The summed E-state index contributed by atoms with van der Waals surface area (Å²) in [4.78, 5) is 43.0. The van der Waals surface area contributed by atoms with Gasteiger partial charge in [0.1, 0.15) is 23.8 Å². The maximum atomic E-state index is 12.7. The van der Waals surface area contributed by atoms with Crippen molar-refractivity contribution in [3.05, 3.63) is 23.0 Å². The summed E-state index contributed by atoms with van der Waals surface area (Å²) in [7, 11) is -2.76. The van der Waals surface area contributed by atoms with Crippen molar-refractivity contribution in [3.8, 4) is 5.75 Å². The summed E-state index contributed by atoms with van der Waals surface area (Å²) >= 11 is 1.13. The minimum Gasteiger partial charge on any atom is -0.494 e. The molecule has 1 aliphatic rings. The van der Waals surface area contributed by atoms with Gasteiger partial charge in [0.05, 0.1) is 23.9 Å². The molecule has 1 saturated heterocycles. The summed E-state index contributed by atoms with van der Waals surface area (Å²) in [5.41, 5.74) is 0.629. The molecule has 1 aromatic heterocycles. The highest BCUT2D eigenvalue weighted by Crippen LogP contribution is 2.24. The molecule has 2 aromatic rings. The second kappa shape index (κ2) is 11.8. The van der Waals surface area contributed by atoms with Gasteiger partial charge in [0.25, 0.3) is 5.91 Å². The number of piperidine rings is 1. The van der Waals surface area contributed by atoms with E-state index in [4.69, 9.17) is 9.47 Å². The van der Waals surface area contributed by atoms with Gasteiger partial charge in [0, 0.05) is 12.6 Å². The van der Waals surface area contributed by atoms with Crippen LogP contribution in [-0.4, -0.2) is 73.5 Å². The van der Waals surface area contributed by atoms with E-state index in [1.54, 1.807) is 23.1 Å². The van der Waals surface area contributed by atoms with Gasteiger partial charge in [-0.2, -0.15) is 4.99 Å². The maximum absolute atomic E-state index is 12.7. The van der Waals surface area contributed by atoms with Crippen LogP contribution >= 0.6 is 11.3 Å². The molecular weight excluding hydrogens is 494 g/mol. The number of carbonyl (C=O) groups is 3. The monoisotopic (exact) mass is 525 g/mol. The molecule has 0 radical (unpaired) electrons. The molecule has 1 unspecified atom stereocenters. The standard InChI is InChI=1S/C23H31N3O7S2/c1-4-16-8-6-7-11-25(16)21(28)15-35(30,31)14-20(27)24-23-26(13-22(29)32-3)18-10-9-17(33-5-2)12-19(18)34-23/h9-10,12,16H,4-8,11,13-15H2,1-3H3. The van der Waals surface area contributed by atoms with Crippen LogP contribution in [-0.2, 0) is 35.5 Å². The molecule has 3 rings (SSSR count). The lowest BCUT2D eigenvalue weighted by molar-refractivity contribution is -0.141. The third-order valence-electron chi connectivity index (χ3n) is 5.81. The van der Waals surface area contributed by atoms with Crippen molar-refractivity contribution in [1.29, 1.82) is 0 Å². The molecule has 0 N–H and O–H groups in total. The molecule has 35 heavy (non-hydrogen) atoms. The lowest BCUT2D eigenvalue weighted by atomic mass is 10.0. The molecule has 10 nitrogen and oxygen atoms in total. The highest BCUT2D eigenvalue weighted by molar-refractivity contribution is 7.92. The van der Waals surface area contributed by atoms with E-state index in [2.05, 4.69) is 4.99 Å². The van der Waals surface area contributed by atoms with Gasteiger partial charge >= 0.3 is 5.97 Å². The number of methoxy groups -OCH3 is 1. The average Bonchev–Trinajstić information content (AvgIpc) is 3.13. The quantitative estimate of drug-likeness (QED) is 0.458. The number of thiazole rings is 1. The van der Waals surface area contributed by atoms with Crippen LogP contribution in [0.1, 0.15) is 39.5 Å². The molecule has 0 bridgehead atoms. The van der Waals surface area contributed by atoms with E-state index < -0.39 is 39.1 Å². The Balaban J connectivity index is 1.84. The summed E-state index contributed by atoms with van der Waals surface area (Å²) in [5.74, 6) is -2.92. The van der Waals surface area contributed by atoms with Crippen LogP contribution in [0.5, 0.6) is 5.75 Å². The number of ether oxygens (including phenoxy) is 2. The second-order valence-corrected chi connectivity index (χ2v) is 11.4. The largest absolute Gasteiger partial charge is 0.494 e. The smallest absolute Gasteiger partial charge is 0.325 e. The SMILES string of the molecule is CCOc1ccc2c(c1)sc(=NC(=O)CS(=O)(=O)CC(=O)N1CCCCC1CC)n2CC(=O)OC. The molecule has 1 aliphatic heterocycles. The lowest BCUT2D eigenvalue weighted by Gasteiger charge is -2.35.